The zero-order valence-electron chi connectivity index (χ0n) is 7.22. The Morgan fingerprint density at radius 1 is 1.55 bits per heavy atom. The fourth-order valence-corrected chi connectivity index (χ4v) is 1.74. The summed E-state index contributed by atoms with van der Waals surface area (Å²) in [4.78, 5) is 0. The maximum Gasteiger partial charge on any atom is 0.00164 e. The van der Waals surface area contributed by atoms with E-state index in [1.807, 2.05) is 0 Å². The highest BCUT2D eigenvalue weighted by Gasteiger charge is 2.30. The number of hydrogen-bond acceptors (Lipinski definition) is 2. The lowest BCUT2D eigenvalue weighted by Crippen LogP contribution is -2.39. The Balaban J connectivity index is 2.71. The quantitative estimate of drug-likeness (QED) is 0.580. The van der Waals surface area contributed by atoms with Gasteiger partial charge in [0.2, 0.25) is 0 Å². The molecule has 0 amide bonds. The predicted molar refractivity (Wildman–Crippen MR) is 48.1 cm³/mol. The molecule has 0 aromatic heterocycles. The molecule has 1 aliphatic rings. The summed E-state index contributed by atoms with van der Waals surface area (Å²) in [5.41, 5.74) is 11.5. The molecule has 2 atom stereocenters. The summed E-state index contributed by atoms with van der Waals surface area (Å²) in [6, 6.07) is 0. The van der Waals surface area contributed by atoms with Crippen LogP contribution in [0, 0.1) is 11.3 Å². The summed E-state index contributed by atoms with van der Waals surface area (Å²) in [6.07, 6.45) is 6.81. The van der Waals surface area contributed by atoms with Gasteiger partial charge in [-0.3, -0.25) is 0 Å². The van der Waals surface area contributed by atoms with Crippen LogP contribution in [0.5, 0.6) is 0 Å². The number of rotatable bonds is 2. The molecule has 0 aliphatic heterocycles. The molecule has 1 rings (SSSR count). The molecule has 64 valence electrons. The van der Waals surface area contributed by atoms with E-state index >= 15 is 0 Å². The third-order valence-electron chi connectivity index (χ3n) is 2.84. The van der Waals surface area contributed by atoms with E-state index in [0.717, 1.165) is 13.0 Å². The molecule has 2 unspecified atom stereocenters. The monoisotopic (exact) mass is 154 g/mol. The largest absolute Gasteiger partial charge is 0.330 e. The van der Waals surface area contributed by atoms with Crippen molar-refractivity contribution in [2.24, 2.45) is 22.8 Å². The van der Waals surface area contributed by atoms with Crippen molar-refractivity contribution >= 4 is 0 Å². The van der Waals surface area contributed by atoms with Gasteiger partial charge >= 0.3 is 0 Å². The molecular weight excluding hydrogens is 136 g/mol. The van der Waals surface area contributed by atoms with E-state index in [-0.39, 0.29) is 5.41 Å². The molecule has 0 spiro atoms. The fraction of sp³-hybridized carbons (Fsp3) is 0.778. The van der Waals surface area contributed by atoms with Crippen molar-refractivity contribution in [2.45, 2.75) is 19.8 Å². The second-order valence-electron chi connectivity index (χ2n) is 3.62. The Hall–Kier alpha value is -0.340. The summed E-state index contributed by atoms with van der Waals surface area (Å²) < 4.78 is 0. The van der Waals surface area contributed by atoms with Gasteiger partial charge in [0.25, 0.3) is 0 Å². The zero-order chi connectivity index (χ0) is 8.32. The lowest BCUT2D eigenvalue weighted by molar-refractivity contribution is 0.244. The lowest BCUT2D eigenvalue weighted by atomic mass is 9.71. The summed E-state index contributed by atoms with van der Waals surface area (Å²) >= 11 is 0. The Morgan fingerprint density at radius 3 is 2.73 bits per heavy atom. The van der Waals surface area contributed by atoms with Crippen LogP contribution in [0.3, 0.4) is 0 Å². The van der Waals surface area contributed by atoms with Gasteiger partial charge in [0.05, 0.1) is 0 Å². The maximum absolute atomic E-state index is 5.70. The number of hydrogen-bond donors (Lipinski definition) is 2. The average Bonchev–Trinajstić information content (AvgIpc) is 2.05. The van der Waals surface area contributed by atoms with Gasteiger partial charge in [-0.15, -0.1) is 0 Å². The molecule has 0 saturated heterocycles. The van der Waals surface area contributed by atoms with Crippen LogP contribution in [0.1, 0.15) is 19.8 Å². The van der Waals surface area contributed by atoms with Crippen LogP contribution in [-0.2, 0) is 0 Å². The summed E-state index contributed by atoms with van der Waals surface area (Å²) in [5, 5.41) is 0. The molecule has 0 aromatic rings. The molecule has 2 nitrogen and oxygen atoms in total. The highest BCUT2D eigenvalue weighted by atomic mass is 14.6. The molecule has 0 fully saturated rings. The van der Waals surface area contributed by atoms with Crippen LogP contribution in [0.25, 0.3) is 0 Å². The predicted octanol–water partition coefficient (Wildman–Crippen LogP) is 0.876. The van der Waals surface area contributed by atoms with E-state index in [9.17, 15) is 0 Å². The van der Waals surface area contributed by atoms with Crippen LogP contribution < -0.4 is 11.5 Å². The lowest BCUT2D eigenvalue weighted by Gasteiger charge is -2.36. The summed E-state index contributed by atoms with van der Waals surface area (Å²) in [6.45, 7) is 3.67. The molecule has 2 heteroatoms. The minimum atomic E-state index is 0.160. The van der Waals surface area contributed by atoms with Crippen molar-refractivity contribution in [1.29, 1.82) is 0 Å². The fourth-order valence-electron chi connectivity index (χ4n) is 1.74. The molecule has 0 aromatic carbocycles. The molecular formula is C9H18N2. The molecule has 0 radical (unpaired) electrons. The third-order valence-corrected chi connectivity index (χ3v) is 2.84. The smallest absolute Gasteiger partial charge is 0.00164 e. The van der Waals surface area contributed by atoms with E-state index in [4.69, 9.17) is 11.5 Å². The normalized spacial score (nSPS) is 37.5. The van der Waals surface area contributed by atoms with Crippen molar-refractivity contribution in [2.75, 3.05) is 13.1 Å². The van der Waals surface area contributed by atoms with Crippen LogP contribution in [0.2, 0.25) is 0 Å². The summed E-state index contributed by atoms with van der Waals surface area (Å²) in [5.74, 6) is 0.581. The first-order valence-corrected chi connectivity index (χ1v) is 4.31. The van der Waals surface area contributed by atoms with Gasteiger partial charge in [-0.1, -0.05) is 19.1 Å². The molecule has 1 aliphatic carbocycles. The van der Waals surface area contributed by atoms with Gasteiger partial charge in [-0.05, 0) is 25.3 Å². The Bertz CT molecular complexity index is 154. The standard InChI is InChI=1S/C9H18N2/c1-9(7-11)5-3-2-4-8(9)6-10/h3,5,8H,2,4,6-7,10-11H2,1H3. The van der Waals surface area contributed by atoms with Gasteiger partial charge in [0.1, 0.15) is 0 Å². The van der Waals surface area contributed by atoms with Crippen LogP contribution in [0.4, 0.5) is 0 Å². The van der Waals surface area contributed by atoms with E-state index in [0.29, 0.717) is 12.5 Å². The van der Waals surface area contributed by atoms with E-state index in [2.05, 4.69) is 19.1 Å². The van der Waals surface area contributed by atoms with Crippen LogP contribution in [0.15, 0.2) is 12.2 Å². The van der Waals surface area contributed by atoms with Crippen molar-refractivity contribution in [3.05, 3.63) is 12.2 Å². The molecule has 0 heterocycles. The highest BCUT2D eigenvalue weighted by Crippen LogP contribution is 2.34. The second-order valence-corrected chi connectivity index (χ2v) is 3.62. The molecule has 0 saturated carbocycles. The van der Waals surface area contributed by atoms with Gasteiger partial charge in [-0.2, -0.15) is 0 Å². The summed E-state index contributed by atoms with van der Waals surface area (Å²) in [7, 11) is 0. The Labute approximate surface area is 68.6 Å². The molecule has 11 heavy (non-hydrogen) atoms. The van der Waals surface area contributed by atoms with Crippen molar-refractivity contribution in [3.63, 3.8) is 0 Å². The van der Waals surface area contributed by atoms with Crippen molar-refractivity contribution in [3.8, 4) is 0 Å². The van der Waals surface area contributed by atoms with Crippen LogP contribution in [-0.4, -0.2) is 13.1 Å². The average molecular weight is 154 g/mol. The third kappa shape index (κ3) is 1.63. The van der Waals surface area contributed by atoms with Crippen molar-refractivity contribution < 1.29 is 0 Å². The van der Waals surface area contributed by atoms with Gasteiger partial charge < -0.3 is 11.5 Å². The SMILES string of the molecule is CC1(CN)C=CCCC1CN. The van der Waals surface area contributed by atoms with Crippen LogP contribution >= 0.6 is 0 Å². The Morgan fingerprint density at radius 2 is 2.27 bits per heavy atom. The van der Waals surface area contributed by atoms with E-state index in [1.165, 1.54) is 6.42 Å². The van der Waals surface area contributed by atoms with Crippen molar-refractivity contribution in [1.82, 2.24) is 0 Å². The number of nitrogens with two attached hydrogens (primary N) is 2. The minimum absolute atomic E-state index is 0.160. The first-order chi connectivity index (χ1) is 5.23. The maximum atomic E-state index is 5.70. The van der Waals surface area contributed by atoms with E-state index in [1.54, 1.807) is 0 Å². The molecule has 0 bridgehead atoms. The first kappa shape index (κ1) is 8.75. The molecule has 4 N–H and O–H groups in total. The van der Waals surface area contributed by atoms with Gasteiger partial charge in [0, 0.05) is 12.0 Å². The first-order valence-electron chi connectivity index (χ1n) is 4.31. The van der Waals surface area contributed by atoms with Gasteiger partial charge in [-0.25, -0.2) is 0 Å². The minimum Gasteiger partial charge on any atom is -0.330 e. The zero-order valence-corrected chi connectivity index (χ0v) is 7.22. The van der Waals surface area contributed by atoms with Gasteiger partial charge in [0.15, 0.2) is 0 Å². The number of allylic oxidation sites excluding steroid dienone is 1. The highest BCUT2D eigenvalue weighted by molar-refractivity contribution is 5.06. The Kier molecular flexibility index (Phi) is 2.68. The topological polar surface area (TPSA) is 52.0 Å². The van der Waals surface area contributed by atoms with E-state index < -0.39 is 0 Å². The second kappa shape index (κ2) is 3.37.